The summed E-state index contributed by atoms with van der Waals surface area (Å²) in [6.07, 6.45) is 2.28. The van der Waals surface area contributed by atoms with Crippen LogP contribution in [0.1, 0.15) is 6.42 Å². The number of nitrogens with two attached hydrogens (primary N) is 1. The van der Waals surface area contributed by atoms with Crippen LogP contribution in [0.4, 0.5) is 11.5 Å². The van der Waals surface area contributed by atoms with E-state index in [0.29, 0.717) is 18.3 Å². The Kier molecular flexibility index (Phi) is 2.78. The molecular formula is C9H15N5O2. The minimum absolute atomic E-state index is 0.0696. The van der Waals surface area contributed by atoms with Crippen molar-refractivity contribution in [3.63, 3.8) is 0 Å². The van der Waals surface area contributed by atoms with Gasteiger partial charge in [-0.25, -0.2) is 4.68 Å². The summed E-state index contributed by atoms with van der Waals surface area (Å²) in [7, 11) is 1.72. The number of rotatable bonds is 3. The SMILES string of the molecule is Cn1ncc([N+](=O)[O-])c1N1CC[C@@H](CN)C1. The Hall–Kier alpha value is -1.63. The minimum atomic E-state index is -0.391. The van der Waals surface area contributed by atoms with E-state index in [2.05, 4.69) is 5.10 Å². The highest BCUT2D eigenvalue weighted by Crippen LogP contribution is 2.30. The summed E-state index contributed by atoms with van der Waals surface area (Å²) in [6.45, 7) is 2.21. The topological polar surface area (TPSA) is 90.2 Å². The third-order valence-electron chi connectivity index (χ3n) is 3.00. The molecule has 2 rings (SSSR count). The molecule has 16 heavy (non-hydrogen) atoms. The molecule has 1 atom stereocenters. The summed E-state index contributed by atoms with van der Waals surface area (Å²) >= 11 is 0. The largest absolute Gasteiger partial charge is 0.351 e. The first kappa shape index (κ1) is 10.9. The van der Waals surface area contributed by atoms with E-state index in [1.165, 1.54) is 6.20 Å². The van der Waals surface area contributed by atoms with Gasteiger partial charge in [-0.1, -0.05) is 0 Å². The molecule has 0 radical (unpaired) electrons. The van der Waals surface area contributed by atoms with Gasteiger partial charge in [-0.3, -0.25) is 10.1 Å². The van der Waals surface area contributed by atoms with Crippen molar-refractivity contribution >= 4 is 11.5 Å². The molecule has 7 heteroatoms. The van der Waals surface area contributed by atoms with E-state index in [1.54, 1.807) is 11.7 Å². The second kappa shape index (κ2) is 4.09. The van der Waals surface area contributed by atoms with Gasteiger partial charge >= 0.3 is 5.69 Å². The summed E-state index contributed by atoms with van der Waals surface area (Å²) in [5.41, 5.74) is 5.67. The molecule has 0 aliphatic carbocycles. The smallest absolute Gasteiger partial charge is 0.331 e. The van der Waals surface area contributed by atoms with Crippen molar-refractivity contribution in [2.75, 3.05) is 24.5 Å². The van der Waals surface area contributed by atoms with Gasteiger partial charge in [0.1, 0.15) is 6.20 Å². The van der Waals surface area contributed by atoms with Crippen LogP contribution in [0.2, 0.25) is 0 Å². The Morgan fingerprint density at radius 3 is 3.06 bits per heavy atom. The van der Waals surface area contributed by atoms with Gasteiger partial charge in [0.15, 0.2) is 0 Å². The van der Waals surface area contributed by atoms with Crippen LogP contribution in [0.3, 0.4) is 0 Å². The monoisotopic (exact) mass is 225 g/mol. The van der Waals surface area contributed by atoms with Gasteiger partial charge < -0.3 is 10.6 Å². The summed E-state index contributed by atoms with van der Waals surface area (Å²) in [5.74, 6) is 1.01. The highest BCUT2D eigenvalue weighted by Gasteiger charge is 2.30. The lowest BCUT2D eigenvalue weighted by atomic mass is 10.1. The van der Waals surface area contributed by atoms with E-state index in [-0.39, 0.29) is 5.69 Å². The second-order valence-corrected chi connectivity index (χ2v) is 4.07. The maximum absolute atomic E-state index is 10.8. The zero-order valence-electron chi connectivity index (χ0n) is 9.17. The van der Waals surface area contributed by atoms with E-state index in [0.717, 1.165) is 19.5 Å². The van der Waals surface area contributed by atoms with Crippen molar-refractivity contribution in [1.29, 1.82) is 0 Å². The molecule has 0 aromatic carbocycles. The summed E-state index contributed by atoms with van der Waals surface area (Å²) < 4.78 is 1.55. The molecule has 1 aliphatic heterocycles. The molecule has 0 saturated carbocycles. The molecule has 1 aromatic heterocycles. The zero-order chi connectivity index (χ0) is 11.7. The van der Waals surface area contributed by atoms with Crippen molar-refractivity contribution in [2.24, 2.45) is 18.7 Å². The Balaban J connectivity index is 2.26. The molecule has 1 saturated heterocycles. The lowest BCUT2D eigenvalue weighted by molar-refractivity contribution is -0.384. The highest BCUT2D eigenvalue weighted by atomic mass is 16.6. The summed E-state index contributed by atoms with van der Waals surface area (Å²) in [6, 6.07) is 0. The zero-order valence-corrected chi connectivity index (χ0v) is 9.17. The van der Waals surface area contributed by atoms with Crippen molar-refractivity contribution < 1.29 is 4.92 Å². The molecule has 88 valence electrons. The molecule has 1 fully saturated rings. The summed E-state index contributed by atoms with van der Waals surface area (Å²) in [5, 5.41) is 14.8. The third kappa shape index (κ3) is 1.73. The van der Waals surface area contributed by atoms with Gasteiger partial charge in [-0.15, -0.1) is 0 Å². The van der Waals surface area contributed by atoms with Crippen molar-refractivity contribution in [2.45, 2.75) is 6.42 Å². The van der Waals surface area contributed by atoms with Gasteiger partial charge in [0.2, 0.25) is 5.82 Å². The predicted octanol–water partition coefficient (Wildman–Crippen LogP) is 0.113. The fourth-order valence-electron chi connectivity index (χ4n) is 2.13. The number of hydrogen-bond acceptors (Lipinski definition) is 5. The lowest BCUT2D eigenvalue weighted by Crippen LogP contribution is -2.25. The van der Waals surface area contributed by atoms with Crippen molar-refractivity contribution in [1.82, 2.24) is 9.78 Å². The highest BCUT2D eigenvalue weighted by molar-refractivity contribution is 5.58. The second-order valence-electron chi connectivity index (χ2n) is 4.07. The van der Waals surface area contributed by atoms with E-state index in [9.17, 15) is 10.1 Å². The molecule has 1 aliphatic rings. The number of aryl methyl sites for hydroxylation is 1. The molecule has 2 heterocycles. The fraction of sp³-hybridized carbons (Fsp3) is 0.667. The first-order valence-corrected chi connectivity index (χ1v) is 5.25. The Bertz CT molecular complexity index is 403. The van der Waals surface area contributed by atoms with Gasteiger partial charge in [0.05, 0.1) is 4.92 Å². The maximum Gasteiger partial charge on any atom is 0.331 e. The predicted molar refractivity (Wildman–Crippen MR) is 59.2 cm³/mol. The molecule has 7 nitrogen and oxygen atoms in total. The Morgan fingerprint density at radius 2 is 2.50 bits per heavy atom. The first-order chi connectivity index (χ1) is 7.63. The van der Waals surface area contributed by atoms with Crippen LogP contribution in [0.25, 0.3) is 0 Å². The molecule has 0 bridgehead atoms. The van der Waals surface area contributed by atoms with E-state index < -0.39 is 4.92 Å². The molecule has 0 unspecified atom stereocenters. The molecule has 1 aromatic rings. The van der Waals surface area contributed by atoms with E-state index in [4.69, 9.17) is 5.73 Å². The van der Waals surface area contributed by atoms with Crippen LogP contribution >= 0.6 is 0 Å². The molecule has 0 amide bonds. The minimum Gasteiger partial charge on any atom is -0.351 e. The van der Waals surface area contributed by atoms with Gasteiger partial charge in [0.25, 0.3) is 0 Å². The fourth-order valence-corrected chi connectivity index (χ4v) is 2.13. The van der Waals surface area contributed by atoms with Crippen LogP contribution < -0.4 is 10.6 Å². The quantitative estimate of drug-likeness (QED) is 0.582. The molecular weight excluding hydrogens is 210 g/mol. The van der Waals surface area contributed by atoms with Gasteiger partial charge in [-0.2, -0.15) is 5.10 Å². The Labute approximate surface area is 93.0 Å². The Morgan fingerprint density at radius 1 is 1.75 bits per heavy atom. The number of aromatic nitrogens is 2. The number of nitro groups is 1. The average Bonchev–Trinajstić information content (AvgIpc) is 2.83. The van der Waals surface area contributed by atoms with Crippen molar-refractivity contribution in [3.8, 4) is 0 Å². The van der Waals surface area contributed by atoms with Crippen LogP contribution in [-0.4, -0.2) is 34.3 Å². The van der Waals surface area contributed by atoms with Crippen molar-refractivity contribution in [3.05, 3.63) is 16.3 Å². The van der Waals surface area contributed by atoms with Crippen LogP contribution in [-0.2, 0) is 7.05 Å². The van der Waals surface area contributed by atoms with E-state index >= 15 is 0 Å². The maximum atomic E-state index is 10.8. The van der Waals surface area contributed by atoms with Crippen LogP contribution in [0.5, 0.6) is 0 Å². The molecule has 0 spiro atoms. The normalized spacial score (nSPS) is 20.4. The standard InChI is InChI=1S/C9H15N5O2/c1-12-9(8(5-11-12)14(15)16)13-3-2-7(4-10)6-13/h5,7H,2-4,6,10H2,1H3/t7-/m0/s1. The lowest BCUT2D eigenvalue weighted by Gasteiger charge is -2.17. The number of anilines is 1. The van der Waals surface area contributed by atoms with Gasteiger partial charge in [0, 0.05) is 20.1 Å². The van der Waals surface area contributed by atoms with Gasteiger partial charge in [-0.05, 0) is 18.9 Å². The number of hydrogen-bond donors (Lipinski definition) is 1. The number of nitrogens with zero attached hydrogens (tertiary/aromatic N) is 4. The average molecular weight is 225 g/mol. The van der Waals surface area contributed by atoms with Crippen LogP contribution in [0.15, 0.2) is 6.20 Å². The molecule has 2 N–H and O–H groups in total. The summed E-state index contributed by atoms with van der Waals surface area (Å²) in [4.78, 5) is 12.4. The van der Waals surface area contributed by atoms with Crippen LogP contribution in [0, 0.1) is 16.0 Å². The van der Waals surface area contributed by atoms with E-state index in [1.807, 2.05) is 4.90 Å². The first-order valence-electron chi connectivity index (χ1n) is 5.25. The third-order valence-corrected chi connectivity index (χ3v) is 3.00.